The molecule has 0 bridgehead atoms. The number of thiophene rings is 1. The van der Waals surface area contributed by atoms with E-state index in [0.29, 0.717) is 5.92 Å². The molecule has 0 N–H and O–H groups in total. The van der Waals surface area contributed by atoms with Gasteiger partial charge in [0.15, 0.2) is 5.16 Å². The van der Waals surface area contributed by atoms with E-state index in [-0.39, 0.29) is 5.56 Å². The Morgan fingerprint density at radius 2 is 2.15 bits per heavy atom. The minimum atomic E-state index is 0.104. The van der Waals surface area contributed by atoms with Gasteiger partial charge in [-0.25, -0.2) is 9.97 Å². The molecule has 0 aliphatic heterocycles. The Labute approximate surface area is 165 Å². The van der Waals surface area contributed by atoms with Crippen LogP contribution in [0, 0.1) is 5.92 Å². The lowest BCUT2D eigenvalue weighted by atomic mass is 10.1. The van der Waals surface area contributed by atoms with Crippen molar-refractivity contribution in [1.82, 2.24) is 14.5 Å². The smallest absolute Gasteiger partial charge is 0.262 e. The predicted molar refractivity (Wildman–Crippen MR) is 112 cm³/mol. The molecule has 0 radical (unpaired) electrons. The zero-order valence-corrected chi connectivity index (χ0v) is 17.8. The molecule has 138 valence electrons. The van der Waals surface area contributed by atoms with Gasteiger partial charge < -0.3 is 0 Å². The molecule has 0 saturated heterocycles. The second-order valence-electron chi connectivity index (χ2n) is 7.25. The van der Waals surface area contributed by atoms with E-state index >= 15 is 0 Å². The van der Waals surface area contributed by atoms with Gasteiger partial charge in [0.1, 0.15) is 4.83 Å². The molecular weight excluding hydrogens is 382 g/mol. The molecule has 7 heteroatoms. The van der Waals surface area contributed by atoms with Gasteiger partial charge in [0.25, 0.3) is 5.56 Å². The number of hydrogen-bond donors (Lipinski definition) is 0. The Morgan fingerprint density at radius 3 is 2.96 bits per heavy atom. The molecule has 0 amide bonds. The van der Waals surface area contributed by atoms with Gasteiger partial charge in [-0.2, -0.15) is 0 Å². The number of aromatic nitrogens is 3. The lowest BCUT2D eigenvalue weighted by molar-refractivity contribution is 0.585. The van der Waals surface area contributed by atoms with Crippen molar-refractivity contribution in [3.05, 3.63) is 36.9 Å². The van der Waals surface area contributed by atoms with Crippen molar-refractivity contribution < 1.29 is 0 Å². The Hall–Kier alpha value is -1.18. The van der Waals surface area contributed by atoms with Crippen LogP contribution in [0.1, 0.15) is 47.8 Å². The number of aryl methyl sites for hydroxylation is 3. The summed E-state index contributed by atoms with van der Waals surface area (Å²) in [5.41, 5.74) is 2.44. The van der Waals surface area contributed by atoms with Gasteiger partial charge in [0, 0.05) is 23.1 Å². The van der Waals surface area contributed by atoms with Gasteiger partial charge in [-0.3, -0.25) is 9.36 Å². The Kier molecular flexibility index (Phi) is 5.21. The first-order valence-electron chi connectivity index (χ1n) is 9.10. The number of fused-ring (bicyclic) bond motifs is 3. The summed E-state index contributed by atoms with van der Waals surface area (Å²) >= 11 is 5.06. The first-order valence-corrected chi connectivity index (χ1v) is 11.8. The summed E-state index contributed by atoms with van der Waals surface area (Å²) in [4.78, 5) is 24.7. The largest absolute Gasteiger partial charge is 0.290 e. The molecule has 0 fully saturated rings. The summed E-state index contributed by atoms with van der Waals surface area (Å²) in [7, 11) is 1.84. The van der Waals surface area contributed by atoms with Gasteiger partial charge in [-0.05, 0) is 43.6 Å². The van der Waals surface area contributed by atoms with Crippen LogP contribution in [0.5, 0.6) is 0 Å². The molecule has 0 atom stereocenters. The fourth-order valence-corrected chi connectivity index (χ4v) is 6.40. The van der Waals surface area contributed by atoms with Crippen molar-refractivity contribution in [2.24, 2.45) is 13.0 Å². The van der Waals surface area contributed by atoms with E-state index in [2.05, 4.69) is 19.2 Å². The molecule has 4 rings (SSSR count). The highest BCUT2D eigenvalue weighted by Gasteiger charge is 2.22. The number of rotatable bonds is 6. The van der Waals surface area contributed by atoms with E-state index < -0.39 is 0 Å². The van der Waals surface area contributed by atoms with Crippen LogP contribution in [0.3, 0.4) is 0 Å². The van der Waals surface area contributed by atoms with Crippen LogP contribution in [-0.2, 0) is 32.1 Å². The van der Waals surface area contributed by atoms with Crippen LogP contribution in [-0.4, -0.2) is 14.5 Å². The van der Waals surface area contributed by atoms with E-state index in [1.807, 2.05) is 7.05 Å². The van der Waals surface area contributed by atoms with Crippen molar-refractivity contribution in [2.75, 3.05) is 0 Å². The van der Waals surface area contributed by atoms with Crippen LogP contribution >= 0.6 is 34.4 Å². The molecular formula is C19H23N3OS3. The van der Waals surface area contributed by atoms with E-state index in [4.69, 9.17) is 9.97 Å². The summed E-state index contributed by atoms with van der Waals surface area (Å²) < 4.78 is 1.71. The summed E-state index contributed by atoms with van der Waals surface area (Å²) in [6, 6.07) is 0. The molecule has 0 saturated carbocycles. The van der Waals surface area contributed by atoms with Gasteiger partial charge in [-0.1, -0.05) is 25.6 Å². The lowest BCUT2D eigenvalue weighted by Crippen LogP contribution is -2.20. The average molecular weight is 406 g/mol. The zero-order chi connectivity index (χ0) is 18.3. The third-order valence-corrected chi connectivity index (χ3v) is 8.00. The second-order valence-corrected chi connectivity index (χ2v) is 10.2. The molecule has 0 spiro atoms. The Morgan fingerprint density at radius 1 is 1.31 bits per heavy atom. The van der Waals surface area contributed by atoms with Crippen LogP contribution in [0.15, 0.2) is 15.3 Å². The van der Waals surface area contributed by atoms with E-state index in [0.717, 1.165) is 46.1 Å². The van der Waals surface area contributed by atoms with Crippen molar-refractivity contribution in [3.63, 3.8) is 0 Å². The predicted octanol–water partition coefficient (Wildman–Crippen LogP) is 4.82. The molecule has 1 aliphatic carbocycles. The maximum absolute atomic E-state index is 12.8. The highest BCUT2D eigenvalue weighted by atomic mass is 32.2. The standard InChI is InChI=1S/C19H23N3OS3/c1-11(2)7-8-15-20-12(9-24-15)10-25-19-21-17-16(18(23)22(19)3)13-5-4-6-14(13)26-17/h9,11H,4-8,10H2,1-3H3. The zero-order valence-electron chi connectivity index (χ0n) is 15.4. The Bertz CT molecular complexity index is 1000. The molecule has 26 heavy (non-hydrogen) atoms. The van der Waals surface area contributed by atoms with Crippen molar-refractivity contribution in [1.29, 1.82) is 0 Å². The quantitative estimate of drug-likeness (QED) is 0.436. The third kappa shape index (κ3) is 3.49. The molecule has 3 aromatic rings. The van der Waals surface area contributed by atoms with Crippen molar-refractivity contribution in [2.45, 2.75) is 56.9 Å². The maximum atomic E-state index is 12.8. The van der Waals surface area contributed by atoms with E-state index in [1.54, 1.807) is 39.0 Å². The molecule has 4 nitrogen and oxygen atoms in total. The van der Waals surface area contributed by atoms with E-state index in [9.17, 15) is 4.79 Å². The minimum absolute atomic E-state index is 0.104. The first-order chi connectivity index (χ1) is 12.5. The molecule has 3 heterocycles. The lowest BCUT2D eigenvalue weighted by Gasteiger charge is -2.06. The van der Waals surface area contributed by atoms with Gasteiger partial charge in [0.2, 0.25) is 0 Å². The van der Waals surface area contributed by atoms with Crippen LogP contribution in [0.4, 0.5) is 0 Å². The third-order valence-electron chi connectivity index (χ3n) is 4.79. The summed E-state index contributed by atoms with van der Waals surface area (Å²) in [6.07, 6.45) is 5.52. The highest BCUT2D eigenvalue weighted by molar-refractivity contribution is 7.98. The van der Waals surface area contributed by atoms with Crippen molar-refractivity contribution >= 4 is 44.7 Å². The fourth-order valence-electron chi connectivity index (χ4n) is 3.32. The number of thiazole rings is 1. The summed E-state index contributed by atoms with van der Waals surface area (Å²) in [6.45, 7) is 4.49. The van der Waals surface area contributed by atoms with Crippen LogP contribution < -0.4 is 5.56 Å². The monoisotopic (exact) mass is 405 g/mol. The number of nitrogens with zero attached hydrogens (tertiary/aromatic N) is 3. The average Bonchev–Trinajstić information content (AvgIpc) is 3.30. The minimum Gasteiger partial charge on any atom is -0.290 e. The topological polar surface area (TPSA) is 47.8 Å². The Balaban J connectivity index is 1.53. The van der Waals surface area contributed by atoms with Crippen LogP contribution in [0.2, 0.25) is 0 Å². The molecule has 0 aromatic carbocycles. The summed E-state index contributed by atoms with van der Waals surface area (Å²) in [5.74, 6) is 1.46. The van der Waals surface area contributed by atoms with Gasteiger partial charge in [0.05, 0.1) is 16.1 Å². The van der Waals surface area contributed by atoms with Gasteiger partial charge >= 0.3 is 0 Å². The van der Waals surface area contributed by atoms with Crippen LogP contribution in [0.25, 0.3) is 10.2 Å². The molecule has 3 aromatic heterocycles. The highest BCUT2D eigenvalue weighted by Crippen LogP contribution is 2.35. The first kappa shape index (κ1) is 18.2. The number of hydrogen-bond acceptors (Lipinski definition) is 6. The second kappa shape index (κ2) is 7.44. The fraction of sp³-hybridized carbons (Fsp3) is 0.526. The van der Waals surface area contributed by atoms with Crippen molar-refractivity contribution in [3.8, 4) is 0 Å². The molecule has 0 unspecified atom stereocenters. The van der Waals surface area contributed by atoms with Gasteiger partial charge in [-0.15, -0.1) is 22.7 Å². The SMILES string of the molecule is CC(C)CCc1nc(CSc2nc3sc4c(c3c(=O)n2C)CCC4)cs1. The normalized spacial score (nSPS) is 13.8. The van der Waals surface area contributed by atoms with E-state index in [1.165, 1.54) is 28.3 Å². The summed E-state index contributed by atoms with van der Waals surface area (Å²) in [5, 5.41) is 5.00. The number of thioether (sulfide) groups is 1. The maximum Gasteiger partial charge on any atom is 0.262 e. The molecule has 1 aliphatic rings.